The minimum Gasteiger partial charge on any atom is -0.382 e. The smallest absolute Gasteiger partial charge is 0.177 e. The molecule has 1 fully saturated rings. The van der Waals surface area contributed by atoms with Crippen molar-refractivity contribution in [1.82, 2.24) is 0 Å². The molecule has 2 aliphatic rings. The SMILES string of the molecule is COCCOCO[C@@H]1C=C[C@H](OC2CCCCC2)O[C@H]1C. The summed E-state index contributed by atoms with van der Waals surface area (Å²) in [6.45, 7) is 3.36. The summed E-state index contributed by atoms with van der Waals surface area (Å²) in [5.74, 6) is 0. The van der Waals surface area contributed by atoms with Crippen molar-refractivity contribution in [2.75, 3.05) is 27.1 Å². The molecule has 122 valence electrons. The molecule has 0 aromatic carbocycles. The maximum absolute atomic E-state index is 6.00. The highest BCUT2D eigenvalue weighted by Gasteiger charge is 2.27. The van der Waals surface area contributed by atoms with Gasteiger partial charge in [0.15, 0.2) is 6.29 Å². The van der Waals surface area contributed by atoms with Crippen LogP contribution in [0.2, 0.25) is 0 Å². The second-order valence-corrected chi connectivity index (χ2v) is 5.64. The van der Waals surface area contributed by atoms with E-state index < -0.39 is 0 Å². The van der Waals surface area contributed by atoms with Crippen molar-refractivity contribution in [1.29, 1.82) is 0 Å². The van der Waals surface area contributed by atoms with E-state index in [9.17, 15) is 0 Å². The normalized spacial score (nSPS) is 30.7. The first-order valence-electron chi connectivity index (χ1n) is 7.97. The number of hydrogen-bond donors (Lipinski definition) is 0. The molecule has 5 heteroatoms. The summed E-state index contributed by atoms with van der Waals surface area (Å²) in [5.41, 5.74) is 0. The van der Waals surface area contributed by atoms with E-state index in [-0.39, 0.29) is 25.3 Å². The summed E-state index contributed by atoms with van der Waals surface area (Å²) in [6, 6.07) is 0. The molecule has 21 heavy (non-hydrogen) atoms. The van der Waals surface area contributed by atoms with Gasteiger partial charge in [0.25, 0.3) is 0 Å². The highest BCUT2D eigenvalue weighted by atomic mass is 16.7. The third kappa shape index (κ3) is 6.04. The van der Waals surface area contributed by atoms with Gasteiger partial charge in [-0.05, 0) is 25.8 Å². The van der Waals surface area contributed by atoms with Crippen molar-refractivity contribution in [3.05, 3.63) is 12.2 Å². The van der Waals surface area contributed by atoms with E-state index in [0.29, 0.717) is 19.3 Å². The molecule has 3 atom stereocenters. The molecule has 0 unspecified atom stereocenters. The van der Waals surface area contributed by atoms with Crippen LogP contribution in [0.3, 0.4) is 0 Å². The first-order valence-corrected chi connectivity index (χ1v) is 7.97. The molecule has 0 saturated heterocycles. The standard InChI is InChI=1S/C16H28O5/c1-13-15(19-12-18-11-10-17-2)8-9-16(20-13)21-14-6-4-3-5-7-14/h8-9,13-16H,3-7,10-12H2,1-2H3/t13-,15+,16-/m0/s1. The average Bonchev–Trinajstić information content (AvgIpc) is 2.50. The number of hydrogen-bond acceptors (Lipinski definition) is 5. The summed E-state index contributed by atoms with van der Waals surface area (Å²) < 4.78 is 27.7. The lowest BCUT2D eigenvalue weighted by Crippen LogP contribution is -2.38. The molecule has 1 aliphatic carbocycles. The summed E-state index contributed by atoms with van der Waals surface area (Å²) in [4.78, 5) is 0. The molecule has 2 rings (SSSR count). The topological polar surface area (TPSA) is 46.2 Å². The van der Waals surface area contributed by atoms with Gasteiger partial charge in [-0.1, -0.05) is 25.3 Å². The largest absolute Gasteiger partial charge is 0.382 e. The van der Waals surface area contributed by atoms with E-state index in [1.807, 2.05) is 19.1 Å². The zero-order chi connectivity index (χ0) is 14.9. The fraction of sp³-hybridized carbons (Fsp3) is 0.875. The van der Waals surface area contributed by atoms with Gasteiger partial charge in [0.05, 0.1) is 25.4 Å². The number of methoxy groups -OCH3 is 1. The van der Waals surface area contributed by atoms with E-state index in [1.165, 1.54) is 19.3 Å². The molecule has 5 nitrogen and oxygen atoms in total. The second-order valence-electron chi connectivity index (χ2n) is 5.64. The van der Waals surface area contributed by atoms with Crippen LogP contribution in [0.4, 0.5) is 0 Å². The highest BCUT2D eigenvalue weighted by molar-refractivity contribution is 4.99. The molecule has 0 bridgehead atoms. The lowest BCUT2D eigenvalue weighted by atomic mass is 9.98. The average molecular weight is 300 g/mol. The van der Waals surface area contributed by atoms with Crippen LogP contribution in [0.15, 0.2) is 12.2 Å². The monoisotopic (exact) mass is 300 g/mol. The van der Waals surface area contributed by atoms with Crippen LogP contribution < -0.4 is 0 Å². The van der Waals surface area contributed by atoms with Crippen molar-refractivity contribution in [2.24, 2.45) is 0 Å². The van der Waals surface area contributed by atoms with Crippen molar-refractivity contribution in [3.63, 3.8) is 0 Å². The zero-order valence-corrected chi connectivity index (χ0v) is 13.2. The van der Waals surface area contributed by atoms with Gasteiger partial charge in [-0.15, -0.1) is 0 Å². The molecule has 1 aliphatic heterocycles. The highest BCUT2D eigenvalue weighted by Crippen LogP contribution is 2.24. The molecule has 1 saturated carbocycles. The fourth-order valence-corrected chi connectivity index (χ4v) is 2.68. The molecule has 0 aromatic rings. The number of ether oxygens (including phenoxy) is 5. The van der Waals surface area contributed by atoms with Gasteiger partial charge in [0.1, 0.15) is 12.9 Å². The molecular weight excluding hydrogens is 272 g/mol. The van der Waals surface area contributed by atoms with E-state index in [0.717, 1.165) is 12.8 Å². The van der Waals surface area contributed by atoms with Crippen LogP contribution in [0, 0.1) is 0 Å². The van der Waals surface area contributed by atoms with Gasteiger partial charge in [-0.25, -0.2) is 0 Å². The fourth-order valence-electron chi connectivity index (χ4n) is 2.68. The Kier molecular flexibility index (Phi) is 7.68. The lowest BCUT2D eigenvalue weighted by molar-refractivity contribution is -0.207. The van der Waals surface area contributed by atoms with Gasteiger partial charge < -0.3 is 23.7 Å². The minimum absolute atomic E-state index is 0.0328. The van der Waals surface area contributed by atoms with Crippen LogP contribution in [-0.2, 0) is 23.7 Å². The van der Waals surface area contributed by atoms with Crippen molar-refractivity contribution in [3.8, 4) is 0 Å². The first kappa shape index (κ1) is 16.9. The van der Waals surface area contributed by atoms with E-state index in [2.05, 4.69) is 0 Å². The minimum atomic E-state index is -0.239. The Morgan fingerprint density at radius 2 is 1.90 bits per heavy atom. The number of rotatable bonds is 8. The third-order valence-corrected chi connectivity index (χ3v) is 3.92. The zero-order valence-electron chi connectivity index (χ0n) is 13.2. The molecule has 0 aromatic heterocycles. The Hall–Kier alpha value is -0.460. The summed E-state index contributed by atoms with van der Waals surface area (Å²) in [6.07, 6.45) is 10.1. The predicted octanol–water partition coefficient (Wildman–Crippen LogP) is 2.64. The van der Waals surface area contributed by atoms with Gasteiger partial charge in [0, 0.05) is 7.11 Å². The predicted molar refractivity (Wildman–Crippen MR) is 79.0 cm³/mol. The van der Waals surface area contributed by atoms with Gasteiger partial charge in [-0.3, -0.25) is 0 Å². The Morgan fingerprint density at radius 3 is 2.62 bits per heavy atom. The second kappa shape index (κ2) is 9.54. The molecule has 0 amide bonds. The van der Waals surface area contributed by atoms with Crippen LogP contribution in [0.1, 0.15) is 39.0 Å². The molecule has 0 radical (unpaired) electrons. The van der Waals surface area contributed by atoms with Crippen LogP contribution >= 0.6 is 0 Å². The lowest BCUT2D eigenvalue weighted by Gasteiger charge is -2.33. The maximum atomic E-state index is 6.00. The quantitative estimate of drug-likeness (QED) is 0.392. The Bertz CT molecular complexity index is 301. The van der Waals surface area contributed by atoms with Gasteiger partial charge >= 0.3 is 0 Å². The van der Waals surface area contributed by atoms with Crippen LogP contribution in [-0.4, -0.2) is 51.7 Å². The Labute approximate surface area is 127 Å². The van der Waals surface area contributed by atoms with Crippen LogP contribution in [0.5, 0.6) is 0 Å². The van der Waals surface area contributed by atoms with Crippen LogP contribution in [0.25, 0.3) is 0 Å². The summed E-state index contributed by atoms with van der Waals surface area (Å²) in [7, 11) is 1.65. The summed E-state index contributed by atoms with van der Waals surface area (Å²) in [5, 5.41) is 0. The van der Waals surface area contributed by atoms with E-state index in [1.54, 1.807) is 7.11 Å². The Morgan fingerprint density at radius 1 is 1.10 bits per heavy atom. The van der Waals surface area contributed by atoms with Gasteiger partial charge in [-0.2, -0.15) is 0 Å². The Balaban J connectivity index is 1.66. The first-order chi connectivity index (χ1) is 10.3. The van der Waals surface area contributed by atoms with Gasteiger partial charge in [0.2, 0.25) is 0 Å². The van der Waals surface area contributed by atoms with E-state index >= 15 is 0 Å². The molecule has 1 heterocycles. The molecular formula is C16H28O5. The molecule has 0 spiro atoms. The van der Waals surface area contributed by atoms with Crippen molar-refractivity contribution >= 4 is 0 Å². The summed E-state index contributed by atoms with van der Waals surface area (Å²) >= 11 is 0. The van der Waals surface area contributed by atoms with Crippen molar-refractivity contribution in [2.45, 2.75) is 63.6 Å². The molecule has 0 N–H and O–H groups in total. The van der Waals surface area contributed by atoms with E-state index in [4.69, 9.17) is 23.7 Å². The van der Waals surface area contributed by atoms with Crippen molar-refractivity contribution < 1.29 is 23.7 Å². The third-order valence-electron chi connectivity index (χ3n) is 3.92. The maximum Gasteiger partial charge on any atom is 0.177 e.